The van der Waals surface area contributed by atoms with Gasteiger partial charge in [-0.2, -0.15) is 0 Å². The third-order valence-electron chi connectivity index (χ3n) is 3.83. The zero-order chi connectivity index (χ0) is 18.8. The molecule has 0 saturated carbocycles. The molecule has 0 aliphatic carbocycles. The van der Waals surface area contributed by atoms with E-state index in [-0.39, 0.29) is 5.91 Å². The van der Waals surface area contributed by atoms with Crippen LogP contribution in [0, 0.1) is 0 Å². The number of ether oxygens (including phenoxy) is 2. The molecule has 1 saturated heterocycles. The summed E-state index contributed by atoms with van der Waals surface area (Å²) in [5.74, 6) is 1.16. The van der Waals surface area contributed by atoms with Crippen LogP contribution in [0.15, 0.2) is 36.0 Å². The molecule has 1 amide bonds. The smallest absolute Gasteiger partial charge is 0.233 e. The van der Waals surface area contributed by atoms with Gasteiger partial charge in [-0.05, 0) is 6.92 Å². The van der Waals surface area contributed by atoms with E-state index in [0.717, 1.165) is 11.4 Å². The number of rotatable bonds is 9. The summed E-state index contributed by atoms with van der Waals surface area (Å²) in [6.45, 7) is 9.35. The van der Waals surface area contributed by atoms with E-state index in [1.165, 1.54) is 11.8 Å². The summed E-state index contributed by atoms with van der Waals surface area (Å²) in [6, 6.07) is 0. The van der Waals surface area contributed by atoms with Crippen molar-refractivity contribution in [2.45, 2.75) is 18.6 Å². The first kappa shape index (κ1) is 20.4. The van der Waals surface area contributed by atoms with Crippen molar-refractivity contribution in [3.05, 3.63) is 36.7 Å². The van der Waals surface area contributed by atoms with Gasteiger partial charge in [0.15, 0.2) is 11.0 Å². The van der Waals surface area contributed by atoms with E-state index in [2.05, 4.69) is 16.8 Å². The maximum Gasteiger partial charge on any atom is 0.233 e. The minimum Gasteiger partial charge on any atom is -0.383 e. The van der Waals surface area contributed by atoms with Crippen LogP contribution in [0.2, 0.25) is 0 Å². The summed E-state index contributed by atoms with van der Waals surface area (Å²) in [6.07, 6.45) is 7.52. The first-order chi connectivity index (χ1) is 12.7. The molecule has 8 heteroatoms. The molecule has 0 spiro atoms. The Morgan fingerprint density at radius 1 is 1.38 bits per heavy atom. The highest BCUT2D eigenvalue weighted by molar-refractivity contribution is 7.99. The van der Waals surface area contributed by atoms with Gasteiger partial charge in [0.2, 0.25) is 5.91 Å². The third-order valence-corrected chi connectivity index (χ3v) is 4.78. The van der Waals surface area contributed by atoms with Gasteiger partial charge < -0.3 is 14.4 Å². The molecule has 1 aromatic heterocycles. The summed E-state index contributed by atoms with van der Waals surface area (Å²) in [5.41, 5.74) is 0.914. The Hall–Kier alpha value is -1.90. The van der Waals surface area contributed by atoms with E-state index >= 15 is 0 Å². The number of hydrogen-bond acceptors (Lipinski definition) is 6. The lowest BCUT2D eigenvalue weighted by molar-refractivity contribution is -0.132. The molecule has 2 heterocycles. The maximum absolute atomic E-state index is 12.4. The molecule has 26 heavy (non-hydrogen) atoms. The normalized spacial score (nSPS) is 15.6. The second-order valence-corrected chi connectivity index (χ2v) is 6.53. The molecular weight excluding hydrogens is 352 g/mol. The van der Waals surface area contributed by atoms with Crippen molar-refractivity contribution in [3.8, 4) is 0 Å². The van der Waals surface area contributed by atoms with E-state index in [1.54, 1.807) is 13.2 Å². The zero-order valence-corrected chi connectivity index (χ0v) is 16.2. The summed E-state index contributed by atoms with van der Waals surface area (Å²) < 4.78 is 12.5. The highest BCUT2D eigenvalue weighted by atomic mass is 32.2. The molecular formula is C18H26N4O3S. The van der Waals surface area contributed by atoms with Gasteiger partial charge in [0, 0.05) is 25.8 Å². The van der Waals surface area contributed by atoms with Gasteiger partial charge in [0.05, 0.1) is 32.1 Å². The Bertz CT molecular complexity index is 663. The highest BCUT2D eigenvalue weighted by Crippen LogP contribution is 2.23. The monoisotopic (exact) mass is 378 g/mol. The number of allylic oxidation sites excluding steroid dienone is 5. The summed E-state index contributed by atoms with van der Waals surface area (Å²) in [4.78, 5) is 14.2. The Balaban J connectivity index is 2.15. The molecule has 1 aliphatic heterocycles. The predicted octanol–water partition coefficient (Wildman–Crippen LogP) is 2.02. The number of methoxy groups -OCH3 is 1. The average molecular weight is 378 g/mol. The lowest BCUT2D eigenvalue weighted by Crippen LogP contribution is -2.41. The minimum atomic E-state index is 0.0939. The van der Waals surface area contributed by atoms with Crippen LogP contribution < -0.4 is 0 Å². The maximum atomic E-state index is 12.4. The Morgan fingerprint density at radius 3 is 2.81 bits per heavy atom. The van der Waals surface area contributed by atoms with Gasteiger partial charge in [0.25, 0.3) is 0 Å². The Labute approximate surface area is 158 Å². The van der Waals surface area contributed by atoms with Crippen molar-refractivity contribution < 1.29 is 14.3 Å². The summed E-state index contributed by atoms with van der Waals surface area (Å²) in [7, 11) is 1.66. The molecule has 0 N–H and O–H groups in total. The molecule has 0 bridgehead atoms. The van der Waals surface area contributed by atoms with Crippen LogP contribution in [0.1, 0.15) is 12.7 Å². The number of morpholine rings is 1. The van der Waals surface area contributed by atoms with E-state index in [4.69, 9.17) is 9.47 Å². The number of aromatic nitrogens is 3. The third kappa shape index (κ3) is 5.55. The van der Waals surface area contributed by atoms with Crippen molar-refractivity contribution in [1.82, 2.24) is 19.7 Å². The standard InChI is InChI=1S/C18H26N4O3S/c1-4-6-15(7-5-2)17-19-20-18(22(17)10-11-24-3)26-14-16(23)21-8-12-25-13-9-21/h4-7H,1,8-14H2,2-3H3/b7-5-,15-6+. The van der Waals surface area contributed by atoms with Gasteiger partial charge in [-0.3, -0.25) is 9.36 Å². The van der Waals surface area contributed by atoms with Crippen LogP contribution in [-0.4, -0.2) is 71.3 Å². The fourth-order valence-corrected chi connectivity index (χ4v) is 3.40. The number of carbonyl (C=O) groups is 1. The lowest BCUT2D eigenvalue weighted by Gasteiger charge is -2.26. The SMILES string of the molecule is C=C/C=C(\C=C/C)c1nnc(SCC(=O)N2CCOCC2)n1CCOC. The average Bonchev–Trinajstić information content (AvgIpc) is 3.07. The number of thioether (sulfide) groups is 1. The first-order valence-electron chi connectivity index (χ1n) is 8.57. The number of carbonyl (C=O) groups excluding carboxylic acids is 1. The van der Waals surface area contributed by atoms with E-state index in [0.29, 0.717) is 50.4 Å². The summed E-state index contributed by atoms with van der Waals surface area (Å²) >= 11 is 1.40. The second-order valence-electron chi connectivity index (χ2n) is 5.59. The highest BCUT2D eigenvalue weighted by Gasteiger charge is 2.20. The molecule has 142 valence electrons. The van der Waals surface area contributed by atoms with Crippen LogP contribution in [0.3, 0.4) is 0 Å². The molecule has 0 atom stereocenters. The minimum absolute atomic E-state index is 0.0939. The molecule has 0 unspecified atom stereocenters. The van der Waals surface area contributed by atoms with Crippen LogP contribution in [0.25, 0.3) is 5.57 Å². The fraction of sp³-hybridized carbons (Fsp3) is 0.500. The van der Waals surface area contributed by atoms with Crippen LogP contribution in [-0.2, 0) is 20.8 Å². The second kappa shape index (κ2) is 10.9. The number of nitrogens with zero attached hydrogens (tertiary/aromatic N) is 4. The van der Waals surface area contributed by atoms with E-state index in [9.17, 15) is 4.79 Å². The van der Waals surface area contributed by atoms with Crippen molar-refractivity contribution in [3.63, 3.8) is 0 Å². The molecule has 0 aromatic carbocycles. The number of hydrogen-bond donors (Lipinski definition) is 0. The van der Waals surface area contributed by atoms with Gasteiger partial charge in [-0.25, -0.2) is 0 Å². The number of amides is 1. The molecule has 1 aromatic rings. The molecule has 7 nitrogen and oxygen atoms in total. The van der Waals surface area contributed by atoms with Gasteiger partial charge in [-0.15, -0.1) is 10.2 Å². The zero-order valence-electron chi connectivity index (χ0n) is 15.4. The first-order valence-corrected chi connectivity index (χ1v) is 9.56. The quantitative estimate of drug-likeness (QED) is 0.484. The van der Waals surface area contributed by atoms with Crippen molar-refractivity contribution >= 4 is 23.2 Å². The fourth-order valence-electron chi connectivity index (χ4n) is 2.53. The molecule has 0 radical (unpaired) electrons. The Kier molecular flexibility index (Phi) is 8.60. The van der Waals surface area contributed by atoms with Crippen LogP contribution in [0.4, 0.5) is 0 Å². The molecule has 2 rings (SSSR count). The lowest BCUT2D eigenvalue weighted by atomic mass is 10.2. The predicted molar refractivity (Wildman–Crippen MR) is 103 cm³/mol. The van der Waals surface area contributed by atoms with Crippen LogP contribution in [0.5, 0.6) is 0 Å². The van der Waals surface area contributed by atoms with Crippen molar-refractivity contribution in [2.75, 3.05) is 45.8 Å². The van der Waals surface area contributed by atoms with Crippen molar-refractivity contribution in [2.24, 2.45) is 0 Å². The topological polar surface area (TPSA) is 69.5 Å². The molecule has 1 fully saturated rings. The van der Waals surface area contributed by atoms with Gasteiger partial charge in [0.1, 0.15) is 0 Å². The van der Waals surface area contributed by atoms with Gasteiger partial charge in [-0.1, -0.05) is 42.6 Å². The van der Waals surface area contributed by atoms with Gasteiger partial charge >= 0.3 is 0 Å². The Morgan fingerprint density at radius 2 is 2.15 bits per heavy atom. The van der Waals surface area contributed by atoms with E-state index < -0.39 is 0 Å². The summed E-state index contributed by atoms with van der Waals surface area (Å²) in [5, 5.41) is 9.32. The largest absolute Gasteiger partial charge is 0.383 e. The molecule has 1 aliphatic rings. The van der Waals surface area contributed by atoms with Crippen LogP contribution >= 0.6 is 11.8 Å². The van der Waals surface area contributed by atoms with E-state index in [1.807, 2.05) is 34.6 Å². The van der Waals surface area contributed by atoms with Crippen molar-refractivity contribution in [1.29, 1.82) is 0 Å².